The number of amides is 1. The second kappa shape index (κ2) is 4.26. The topological polar surface area (TPSA) is 49.8 Å². The van der Waals surface area contributed by atoms with Gasteiger partial charge in [0, 0.05) is 0 Å². The van der Waals surface area contributed by atoms with E-state index in [2.05, 4.69) is 6.58 Å². The molecule has 0 aromatic heterocycles. The SMILES string of the molecule is C=C(O)N1C(=O)OC[C@@H]1Cc1ccccc1. The molecular formula is C12H13NO3. The zero-order chi connectivity index (χ0) is 11.5. The largest absolute Gasteiger partial charge is 0.495 e. The number of aliphatic hydroxyl groups excluding tert-OH is 1. The van der Waals surface area contributed by atoms with Crippen LogP contribution in [0.15, 0.2) is 42.8 Å². The van der Waals surface area contributed by atoms with Gasteiger partial charge in [0.2, 0.25) is 0 Å². The smallest absolute Gasteiger partial charge is 0.417 e. The summed E-state index contributed by atoms with van der Waals surface area (Å²) in [5.41, 5.74) is 1.09. The van der Waals surface area contributed by atoms with Crippen molar-refractivity contribution in [2.45, 2.75) is 12.5 Å². The van der Waals surface area contributed by atoms with Crippen LogP contribution in [0.5, 0.6) is 0 Å². The van der Waals surface area contributed by atoms with Crippen molar-refractivity contribution in [3.63, 3.8) is 0 Å². The van der Waals surface area contributed by atoms with Crippen LogP contribution in [0.4, 0.5) is 4.79 Å². The summed E-state index contributed by atoms with van der Waals surface area (Å²) < 4.78 is 4.88. The zero-order valence-corrected chi connectivity index (χ0v) is 8.80. The predicted octanol–water partition coefficient (Wildman–Crippen LogP) is 2.08. The summed E-state index contributed by atoms with van der Waals surface area (Å²) >= 11 is 0. The normalized spacial score (nSPS) is 19.6. The van der Waals surface area contributed by atoms with Gasteiger partial charge in [-0.2, -0.15) is 0 Å². The average Bonchev–Trinajstić information content (AvgIpc) is 2.61. The van der Waals surface area contributed by atoms with Gasteiger partial charge in [-0.3, -0.25) is 0 Å². The molecule has 1 fully saturated rings. The second-order valence-electron chi connectivity index (χ2n) is 3.71. The van der Waals surface area contributed by atoms with E-state index in [0.717, 1.165) is 5.56 Å². The fourth-order valence-corrected chi connectivity index (χ4v) is 1.81. The van der Waals surface area contributed by atoms with Crippen LogP contribution < -0.4 is 0 Å². The van der Waals surface area contributed by atoms with Crippen molar-refractivity contribution in [1.82, 2.24) is 4.90 Å². The minimum absolute atomic E-state index is 0.174. The first kappa shape index (κ1) is 10.5. The van der Waals surface area contributed by atoms with Crippen LogP contribution in [0.25, 0.3) is 0 Å². The highest BCUT2D eigenvalue weighted by Crippen LogP contribution is 2.19. The van der Waals surface area contributed by atoms with Gasteiger partial charge in [-0.05, 0) is 18.6 Å². The summed E-state index contributed by atoms with van der Waals surface area (Å²) in [6, 6.07) is 9.58. The van der Waals surface area contributed by atoms with Crippen LogP contribution in [0.3, 0.4) is 0 Å². The first-order valence-electron chi connectivity index (χ1n) is 5.06. The minimum atomic E-state index is -0.534. The monoisotopic (exact) mass is 219 g/mol. The molecule has 0 unspecified atom stereocenters. The quantitative estimate of drug-likeness (QED) is 0.792. The first-order chi connectivity index (χ1) is 7.68. The highest BCUT2D eigenvalue weighted by Gasteiger charge is 2.34. The number of benzene rings is 1. The molecule has 16 heavy (non-hydrogen) atoms. The fourth-order valence-electron chi connectivity index (χ4n) is 1.81. The van der Waals surface area contributed by atoms with Crippen LogP contribution in [0.2, 0.25) is 0 Å². The van der Waals surface area contributed by atoms with Gasteiger partial charge in [0.25, 0.3) is 0 Å². The predicted molar refractivity (Wildman–Crippen MR) is 58.9 cm³/mol. The van der Waals surface area contributed by atoms with Crippen molar-refractivity contribution >= 4 is 6.09 Å². The molecule has 2 rings (SSSR count). The van der Waals surface area contributed by atoms with Crippen LogP contribution in [-0.4, -0.2) is 28.7 Å². The van der Waals surface area contributed by atoms with Gasteiger partial charge in [-0.25, -0.2) is 9.69 Å². The highest BCUT2D eigenvalue weighted by molar-refractivity contribution is 5.71. The number of rotatable bonds is 3. The number of hydrogen-bond donors (Lipinski definition) is 1. The van der Waals surface area contributed by atoms with E-state index in [1.54, 1.807) is 0 Å². The van der Waals surface area contributed by atoms with Gasteiger partial charge in [-0.1, -0.05) is 30.3 Å². The van der Waals surface area contributed by atoms with Gasteiger partial charge < -0.3 is 9.84 Å². The van der Waals surface area contributed by atoms with E-state index in [0.29, 0.717) is 6.42 Å². The van der Waals surface area contributed by atoms with Crippen molar-refractivity contribution in [2.24, 2.45) is 0 Å². The van der Waals surface area contributed by atoms with Crippen LogP contribution in [0.1, 0.15) is 5.56 Å². The summed E-state index contributed by atoms with van der Waals surface area (Å²) in [5, 5.41) is 9.30. The molecule has 1 aliphatic heterocycles. The van der Waals surface area contributed by atoms with E-state index >= 15 is 0 Å². The second-order valence-corrected chi connectivity index (χ2v) is 3.71. The maximum atomic E-state index is 11.3. The van der Waals surface area contributed by atoms with Crippen LogP contribution in [0, 0.1) is 0 Å². The third kappa shape index (κ3) is 2.00. The Hall–Kier alpha value is -1.97. The van der Waals surface area contributed by atoms with Gasteiger partial charge in [0.1, 0.15) is 6.61 Å². The Morgan fingerprint density at radius 2 is 2.19 bits per heavy atom. The molecule has 0 saturated carbocycles. The highest BCUT2D eigenvalue weighted by atomic mass is 16.6. The van der Waals surface area contributed by atoms with E-state index in [9.17, 15) is 9.90 Å². The Morgan fingerprint density at radius 3 is 2.81 bits per heavy atom. The molecule has 0 aliphatic carbocycles. The number of aliphatic hydroxyl groups is 1. The molecule has 0 bridgehead atoms. The van der Waals surface area contributed by atoms with Crippen molar-refractivity contribution in [3.05, 3.63) is 48.4 Å². The number of hydrogen-bond acceptors (Lipinski definition) is 3. The summed E-state index contributed by atoms with van der Waals surface area (Å²) in [7, 11) is 0. The lowest BCUT2D eigenvalue weighted by Gasteiger charge is -2.19. The van der Waals surface area contributed by atoms with Crippen LogP contribution >= 0.6 is 0 Å². The molecule has 1 atom stereocenters. The minimum Gasteiger partial charge on any atom is -0.495 e. The van der Waals surface area contributed by atoms with Crippen LogP contribution in [-0.2, 0) is 11.2 Å². The Bertz CT molecular complexity index is 402. The standard InChI is InChI=1S/C12H13NO3/c1-9(14)13-11(8-16-12(13)15)7-10-5-3-2-4-6-10/h2-6,11,14H,1,7-8H2/t11-/m0/s1. The summed E-state index contributed by atoms with van der Waals surface area (Å²) in [4.78, 5) is 12.5. The molecule has 1 aromatic carbocycles. The van der Waals surface area contributed by atoms with Gasteiger partial charge in [0.05, 0.1) is 6.04 Å². The molecule has 1 aliphatic rings. The Morgan fingerprint density at radius 1 is 1.50 bits per heavy atom. The van der Waals surface area contributed by atoms with E-state index in [1.807, 2.05) is 30.3 Å². The van der Waals surface area contributed by atoms with Crippen molar-refractivity contribution in [2.75, 3.05) is 6.61 Å². The summed E-state index contributed by atoms with van der Waals surface area (Å²) in [6.07, 6.45) is 0.111. The van der Waals surface area contributed by atoms with Crippen molar-refractivity contribution < 1.29 is 14.6 Å². The molecule has 1 N–H and O–H groups in total. The molecule has 84 valence electrons. The van der Waals surface area contributed by atoms with E-state index in [-0.39, 0.29) is 18.5 Å². The van der Waals surface area contributed by atoms with E-state index in [4.69, 9.17) is 4.74 Å². The lowest BCUT2D eigenvalue weighted by Crippen LogP contribution is -2.33. The van der Waals surface area contributed by atoms with Crippen molar-refractivity contribution in [1.29, 1.82) is 0 Å². The fraction of sp³-hybridized carbons (Fsp3) is 0.250. The lowest BCUT2D eigenvalue weighted by molar-refractivity contribution is 0.150. The molecule has 0 spiro atoms. The lowest BCUT2D eigenvalue weighted by atomic mass is 10.1. The molecule has 4 nitrogen and oxygen atoms in total. The van der Waals surface area contributed by atoms with E-state index < -0.39 is 6.09 Å². The molecule has 1 heterocycles. The molecule has 4 heteroatoms. The number of carbonyl (C=O) groups excluding carboxylic acids is 1. The summed E-state index contributed by atoms with van der Waals surface area (Å²) in [5.74, 6) is -0.261. The molecule has 1 saturated heterocycles. The molecule has 0 radical (unpaired) electrons. The number of ether oxygens (including phenoxy) is 1. The maximum absolute atomic E-state index is 11.3. The molecular weight excluding hydrogens is 206 g/mol. The number of nitrogens with zero attached hydrogens (tertiary/aromatic N) is 1. The molecule has 1 aromatic rings. The number of carbonyl (C=O) groups is 1. The van der Waals surface area contributed by atoms with Crippen molar-refractivity contribution in [3.8, 4) is 0 Å². The molecule has 1 amide bonds. The van der Waals surface area contributed by atoms with E-state index in [1.165, 1.54) is 4.90 Å². The first-order valence-corrected chi connectivity index (χ1v) is 5.06. The van der Waals surface area contributed by atoms with Gasteiger partial charge in [0.15, 0.2) is 5.88 Å². The third-order valence-corrected chi connectivity index (χ3v) is 2.55. The Kier molecular flexibility index (Phi) is 2.81. The maximum Gasteiger partial charge on any atom is 0.417 e. The summed E-state index contributed by atoms with van der Waals surface area (Å²) in [6.45, 7) is 3.65. The van der Waals surface area contributed by atoms with Gasteiger partial charge >= 0.3 is 6.09 Å². The average molecular weight is 219 g/mol. The number of cyclic esters (lactones) is 1. The Labute approximate surface area is 93.8 Å². The Balaban J connectivity index is 2.10. The third-order valence-electron chi connectivity index (χ3n) is 2.55. The zero-order valence-electron chi connectivity index (χ0n) is 8.80. The van der Waals surface area contributed by atoms with Gasteiger partial charge in [-0.15, -0.1) is 0 Å².